The molecule has 0 N–H and O–H groups in total. The zero-order valence-corrected chi connectivity index (χ0v) is 18.5. The Morgan fingerprint density at radius 3 is 2.39 bits per heavy atom. The quantitative estimate of drug-likeness (QED) is 0.488. The molecule has 1 aliphatic rings. The third-order valence-corrected chi connectivity index (χ3v) is 4.92. The van der Waals surface area contributed by atoms with Gasteiger partial charge in [0.1, 0.15) is 11.4 Å². The maximum absolute atomic E-state index is 12.9. The SMILES string of the molecule is COc1ccc(C2CC(=O)C(/C=C\C(=O)OC(C)(C)C)=CN2Cc2ccccc2)cc1. The summed E-state index contributed by atoms with van der Waals surface area (Å²) in [5, 5.41) is 0. The first-order valence-corrected chi connectivity index (χ1v) is 10.3. The molecule has 1 aliphatic heterocycles. The maximum atomic E-state index is 12.9. The zero-order chi connectivity index (χ0) is 22.4. The minimum Gasteiger partial charge on any atom is -0.497 e. The Hall–Kier alpha value is -3.34. The zero-order valence-electron chi connectivity index (χ0n) is 18.5. The number of hydrogen-bond acceptors (Lipinski definition) is 5. The standard InChI is InChI=1S/C26H29NO4/c1-26(2,3)31-25(29)15-12-21-18-27(17-19-8-6-5-7-9-19)23(16-24(21)28)20-10-13-22(30-4)14-11-20/h5-15,18,23H,16-17H2,1-4H3/b15-12-. The van der Waals surface area contributed by atoms with Crippen molar-refractivity contribution in [1.82, 2.24) is 4.90 Å². The monoisotopic (exact) mass is 419 g/mol. The van der Waals surface area contributed by atoms with Gasteiger partial charge in [0, 0.05) is 30.8 Å². The summed E-state index contributed by atoms with van der Waals surface area (Å²) in [5.41, 5.74) is 2.09. The summed E-state index contributed by atoms with van der Waals surface area (Å²) in [6, 6.07) is 17.8. The van der Waals surface area contributed by atoms with Crippen LogP contribution in [-0.4, -0.2) is 29.4 Å². The second kappa shape index (κ2) is 9.65. The van der Waals surface area contributed by atoms with Gasteiger partial charge < -0.3 is 14.4 Å². The van der Waals surface area contributed by atoms with Gasteiger partial charge in [0.25, 0.3) is 0 Å². The smallest absolute Gasteiger partial charge is 0.331 e. The molecule has 1 unspecified atom stereocenters. The summed E-state index contributed by atoms with van der Waals surface area (Å²) in [7, 11) is 1.63. The van der Waals surface area contributed by atoms with Crippen molar-refractivity contribution >= 4 is 11.8 Å². The van der Waals surface area contributed by atoms with E-state index in [-0.39, 0.29) is 11.8 Å². The lowest BCUT2D eigenvalue weighted by molar-refractivity contribution is -0.148. The molecule has 5 nitrogen and oxygen atoms in total. The number of allylic oxidation sites excluding steroid dienone is 2. The lowest BCUT2D eigenvalue weighted by Crippen LogP contribution is -2.31. The number of esters is 1. The summed E-state index contributed by atoms with van der Waals surface area (Å²) < 4.78 is 10.6. The van der Waals surface area contributed by atoms with Gasteiger partial charge >= 0.3 is 5.97 Å². The van der Waals surface area contributed by atoms with Crippen LogP contribution in [0.2, 0.25) is 0 Å². The normalized spacial score (nSPS) is 16.9. The minimum atomic E-state index is -0.578. The Bertz CT molecular complexity index is 969. The highest BCUT2D eigenvalue weighted by Gasteiger charge is 2.28. The number of carbonyl (C=O) groups is 2. The van der Waals surface area contributed by atoms with Crippen molar-refractivity contribution < 1.29 is 19.1 Å². The number of ketones is 1. The molecule has 162 valence electrons. The third-order valence-electron chi connectivity index (χ3n) is 4.92. The van der Waals surface area contributed by atoms with Gasteiger partial charge in [0.05, 0.1) is 13.2 Å². The van der Waals surface area contributed by atoms with Crippen molar-refractivity contribution in [3.8, 4) is 5.75 Å². The number of carbonyl (C=O) groups excluding carboxylic acids is 2. The molecule has 0 aliphatic carbocycles. The summed E-state index contributed by atoms with van der Waals surface area (Å²) in [6.45, 7) is 6.08. The van der Waals surface area contributed by atoms with E-state index in [0.717, 1.165) is 16.9 Å². The first kappa shape index (κ1) is 22.3. The number of rotatable bonds is 6. The highest BCUT2D eigenvalue weighted by atomic mass is 16.6. The van der Waals surface area contributed by atoms with Gasteiger partial charge in [0.2, 0.25) is 0 Å². The molecular weight excluding hydrogens is 390 g/mol. The molecule has 1 atom stereocenters. The Labute approximate surface area is 184 Å². The highest BCUT2D eigenvalue weighted by molar-refractivity contribution is 6.00. The molecule has 2 aromatic rings. The van der Waals surface area contributed by atoms with E-state index in [0.29, 0.717) is 18.5 Å². The number of methoxy groups -OCH3 is 1. The fourth-order valence-corrected chi connectivity index (χ4v) is 3.47. The fourth-order valence-electron chi connectivity index (χ4n) is 3.47. The van der Waals surface area contributed by atoms with Gasteiger partial charge in [0.15, 0.2) is 5.78 Å². The van der Waals surface area contributed by atoms with Gasteiger partial charge in [-0.2, -0.15) is 0 Å². The van der Waals surface area contributed by atoms with Crippen LogP contribution >= 0.6 is 0 Å². The summed E-state index contributed by atoms with van der Waals surface area (Å²) in [4.78, 5) is 27.1. The number of nitrogens with zero attached hydrogens (tertiary/aromatic N) is 1. The largest absolute Gasteiger partial charge is 0.497 e. The predicted octanol–water partition coefficient (Wildman–Crippen LogP) is 4.99. The number of hydrogen-bond donors (Lipinski definition) is 0. The molecule has 0 saturated carbocycles. The van der Waals surface area contributed by atoms with Crippen molar-refractivity contribution in [1.29, 1.82) is 0 Å². The van der Waals surface area contributed by atoms with Crippen LogP contribution in [0.15, 0.2) is 78.5 Å². The summed E-state index contributed by atoms with van der Waals surface area (Å²) >= 11 is 0. The lowest BCUT2D eigenvalue weighted by atomic mass is 9.92. The van der Waals surface area contributed by atoms with E-state index < -0.39 is 11.6 Å². The highest BCUT2D eigenvalue weighted by Crippen LogP contribution is 2.33. The fraction of sp³-hybridized carbons (Fsp3) is 0.308. The van der Waals surface area contributed by atoms with Gasteiger partial charge in [-0.15, -0.1) is 0 Å². The molecule has 0 amide bonds. The Morgan fingerprint density at radius 2 is 1.77 bits per heavy atom. The summed E-state index contributed by atoms with van der Waals surface area (Å²) in [6.07, 6.45) is 5.04. The third kappa shape index (κ3) is 6.32. The molecule has 1 heterocycles. The minimum absolute atomic E-state index is 0.00932. The van der Waals surface area contributed by atoms with Crippen LogP contribution in [0.3, 0.4) is 0 Å². The maximum Gasteiger partial charge on any atom is 0.331 e. The van der Waals surface area contributed by atoms with Crippen LogP contribution in [0, 0.1) is 0 Å². The molecule has 2 aromatic carbocycles. The van der Waals surface area contributed by atoms with Crippen LogP contribution in [0.4, 0.5) is 0 Å². The van der Waals surface area contributed by atoms with E-state index in [1.54, 1.807) is 13.2 Å². The van der Waals surface area contributed by atoms with E-state index in [1.165, 1.54) is 6.08 Å². The molecular formula is C26H29NO4. The molecule has 0 fully saturated rings. The van der Waals surface area contributed by atoms with Gasteiger partial charge in [-0.05, 0) is 50.1 Å². The van der Waals surface area contributed by atoms with Crippen molar-refractivity contribution in [2.45, 2.75) is 45.4 Å². The first-order chi connectivity index (χ1) is 14.7. The van der Waals surface area contributed by atoms with E-state index in [4.69, 9.17) is 9.47 Å². The molecule has 0 aromatic heterocycles. The average molecular weight is 420 g/mol. The number of benzene rings is 2. The van der Waals surface area contributed by atoms with Crippen LogP contribution in [-0.2, 0) is 20.9 Å². The first-order valence-electron chi connectivity index (χ1n) is 10.3. The van der Waals surface area contributed by atoms with Crippen LogP contribution in [0.5, 0.6) is 5.75 Å². The van der Waals surface area contributed by atoms with Crippen LogP contribution in [0.1, 0.15) is 44.4 Å². The Morgan fingerprint density at radius 1 is 1.10 bits per heavy atom. The molecule has 31 heavy (non-hydrogen) atoms. The van der Waals surface area contributed by atoms with E-state index >= 15 is 0 Å². The van der Waals surface area contributed by atoms with Crippen LogP contribution < -0.4 is 4.74 Å². The average Bonchev–Trinajstić information content (AvgIpc) is 2.73. The number of Topliss-reactive ketones (excluding diaryl/α,β-unsaturated/α-hetero) is 1. The van der Waals surface area contributed by atoms with Crippen molar-refractivity contribution in [3.63, 3.8) is 0 Å². The summed E-state index contributed by atoms with van der Waals surface area (Å²) in [5.74, 6) is 0.301. The van der Waals surface area contributed by atoms with E-state index in [9.17, 15) is 9.59 Å². The van der Waals surface area contributed by atoms with Gasteiger partial charge in [-0.25, -0.2) is 4.79 Å². The number of ether oxygens (including phenoxy) is 2. The lowest BCUT2D eigenvalue weighted by Gasteiger charge is -2.35. The predicted molar refractivity (Wildman–Crippen MR) is 120 cm³/mol. The molecule has 3 rings (SSSR count). The second-order valence-electron chi connectivity index (χ2n) is 8.53. The molecule has 0 bridgehead atoms. The second-order valence-corrected chi connectivity index (χ2v) is 8.53. The molecule has 0 spiro atoms. The van der Waals surface area contributed by atoms with Crippen molar-refractivity contribution in [2.75, 3.05) is 7.11 Å². The van der Waals surface area contributed by atoms with E-state index in [2.05, 4.69) is 17.0 Å². The Kier molecular flexibility index (Phi) is 6.95. The van der Waals surface area contributed by atoms with Crippen LogP contribution in [0.25, 0.3) is 0 Å². The van der Waals surface area contributed by atoms with E-state index in [1.807, 2.05) is 69.4 Å². The topological polar surface area (TPSA) is 55.8 Å². The van der Waals surface area contributed by atoms with Crippen molar-refractivity contribution in [2.24, 2.45) is 0 Å². The van der Waals surface area contributed by atoms with Gasteiger partial charge in [-0.3, -0.25) is 4.79 Å². The van der Waals surface area contributed by atoms with Gasteiger partial charge in [-0.1, -0.05) is 42.5 Å². The van der Waals surface area contributed by atoms with Crippen molar-refractivity contribution in [3.05, 3.63) is 89.6 Å². The Balaban J connectivity index is 1.88. The molecule has 5 heteroatoms. The molecule has 0 saturated heterocycles. The molecule has 0 radical (unpaired) electrons.